The quantitative estimate of drug-likeness (QED) is 0.839. The molecule has 0 radical (unpaired) electrons. The third-order valence-electron chi connectivity index (χ3n) is 5.98. The zero-order chi connectivity index (χ0) is 17.3. The van der Waals surface area contributed by atoms with Crippen LogP contribution < -0.4 is 0 Å². The van der Waals surface area contributed by atoms with Crippen molar-refractivity contribution < 1.29 is 13.9 Å². The summed E-state index contributed by atoms with van der Waals surface area (Å²) in [6.07, 6.45) is 4.06. The van der Waals surface area contributed by atoms with Gasteiger partial charge in [0.1, 0.15) is 5.82 Å². The van der Waals surface area contributed by atoms with Gasteiger partial charge in [-0.05, 0) is 49.3 Å². The van der Waals surface area contributed by atoms with Crippen LogP contribution in [0.4, 0.5) is 4.39 Å². The van der Waals surface area contributed by atoms with Crippen molar-refractivity contribution in [1.29, 1.82) is 0 Å². The van der Waals surface area contributed by atoms with Crippen molar-refractivity contribution >= 4 is 5.91 Å². The molecule has 2 aliphatic heterocycles. The Kier molecular flexibility index (Phi) is 4.78. The molecule has 0 bridgehead atoms. The third kappa shape index (κ3) is 3.58. The molecule has 3 fully saturated rings. The van der Waals surface area contributed by atoms with Crippen LogP contribution in [-0.2, 0) is 14.9 Å². The molecule has 4 nitrogen and oxygen atoms in total. The molecule has 25 heavy (non-hydrogen) atoms. The molecule has 0 N–H and O–H groups in total. The number of benzene rings is 1. The van der Waals surface area contributed by atoms with Crippen LogP contribution >= 0.6 is 0 Å². The number of rotatable bonds is 4. The molecule has 0 aromatic heterocycles. The number of carbonyl (C=O) groups excluding carboxylic acids is 1. The van der Waals surface area contributed by atoms with Gasteiger partial charge in [0.2, 0.25) is 5.91 Å². The van der Waals surface area contributed by atoms with Crippen molar-refractivity contribution in [2.45, 2.75) is 31.1 Å². The summed E-state index contributed by atoms with van der Waals surface area (Å²) in [4.78, 5) is 17.7. The highest BCUT2D eigenvalue weighted by Gasteiger charge is 2.53. The molecular weight excluding hydrogens is 319 g/mol. The van der Waals surface area contributed by atoms with Crippen LogP contribution in [0.5, 0.6) is 0 Å². The Morgan fingerprint density at radius 1 is 1.16 bits per heavy atom. The summed E-state index contributed by atoms with van der Waals surface area (Å²) >= 11 is 0. The Morgan fingerprint density at radius 2 is 1.88 bits per heavy atom. The number of piperidine rings is 1. The SMILES string of the molecule is O=C(N1CCCC(CN2CCOCC2)C1)C1(c2ccc(F)cc2)CC1. The topological polar surface area (TPSA) is 32.8 Å². The highest BCUT2D eigenvalue weighted by atomic mass is 19.1. The van der Waals surface area contributed by atoms with E-state index in [1.807, 2.05) is 0 Å². The van der Waals surface area contributed by atoms with Gasteiger partial charge in [0, 0.05) is 32.7 Å². The number of likely N-dealkylation sites (tertiary alicyclic amines) is 1. The number of amides is 1. The third-order valence-corrected chi connectivity index (χ3v) is 5.98. The fourth-order valence-corrected chi connectivity index (χ4v) is 4.37. The van der Waals surface area contributed by atoms with Gasteiger partial charge in [-0.1, -0.05) is 12.1 Å². The molecular formula is C20H27FN2O2. The van der Waals surface area contributed by atoms with Gasteiger partial charge < -0.3 is 9.64 Å². The maximum atomic E-state index is 13.2. The van der Waals surface area contributed by atoms with Crippen molar-refractivity contribution in [3.05, 3.63) is 35.6 Å². The normalized spacial score (nSPS) is 26.4. The number of halogens is 1. The second kappa shape index (κ2) is 7.04. The smallest absolute Gasteiger partial charge is 0.233 e. The summed E-state index contributed by atoms with van der Waals surface area (Å²) in [7, 11) is 0. The summed E-state index contributed by atoms with van der Waals surface area (Å²) in [5.74, 6) is 0.571. The van der Waals surface area contributed by atoms with Gasteiger partial charge in [-0.15, -0.1) is 0 Å². The zero-order valence-electron chi connectivity index (χ0n) is 14.8. The molecule has 1 atom stereocenters. The number of morpholine rings is 1. The summed E-state index contributed by atoms with van der Waals surface area (Å²) in [5, 5.41) is 0. The molecule has 0 spiro atoms. The number of carbonyl (C=O) groups is 1. The highest BCUT2D eigenvalue weighted by Crippen LogP contribution is 2.50. The lowest BCUT2D eigenvalue weighted by Gasteiger charge is -2.38. The van der Waals surface area contributed by atoms with E-state index < -0.39 is 0 Å². The van der Waals surface area contributed by atoms with Crippen LogP contribution in [0.25, 0.3) is 0 Å². The standard InChI is InChI=1S/C20H27FN2O2/c21-18-5-3-17(4-6-18)20(7-8-20)19(24)23-9-1-2-16(15-23)14-22-10-12-25-13-11-22/h3-6,16H,1-2,7-15H2. The van der Waals surface area contributed by atoms with Gasteiger partial charge >= 0.3 is 0 Å². The van der Waals surface area contributed by atoms with E-state index in [2.05, 4.69) is 9.80 Å². The van der Waals surface area contributed by atoms with Gasteiger partial charge in [-0.2, -0.15) is 0 Å². The molecule has 136 valence electrons. The van der Waals surface area contributed by atoms with E-state index in [0.29, 0.717) is 5.92 Å². The Balaban J connectivity index is 1.40. The average molecular weight is 346 g/mol. The van der Waals surface area contributed by atoms with Crippen molar-refractivity contribution in [1.82, 2.24) is 9.80 Å². The Hall–Kier alpha value is -1.46. The number of hydrogen-bond acceptors (Lipinski definition) is 3. The molecule has 4 rings (SSSR count). The lowest BCUT2D eigenvalue weighted by Crippen LogP contribution is -2.48. The summed E-state index contributed by atoms with van der Waals surface area (Å²) in [5.41, 5.74) is 0.600. The van der Waals surface area contributed by atoms with Crippen LogP contribution in [0.3, 0.4) is 0 Å². The van der Waals surface area contributed by atoms with E-state index in [0.717, 1.165) is 70.8 Å². The first-order valence-electron chi connectivity index (χ1n) is 9.53. The zero-order valence-corrected chi connectivity index (χ0v) is 14.8. The van der Waals surface area contributed by atoms with Gasteiger partial charge in [-0.25, -0.2) is 4.39 Å². The van der Waals surface area contributed by atoms with Crippen molar-refractivity contribution in [2.24, 2.45) is 5.92 Å². The van der Waals surface area contributed by atoms with Gasteiger partial charge in [0.25, 0.3) is 0 Å². The lowest BCUT2D eigenvalue weighted by atomic mass is 9.91. The van der Waals surface area contributed by atoms with E-state index in [4.69, 9.17) is 4.74 Å². The van der Waals surface area contributed by atoms with Crippen molar-refractivity contribution in [3.8, 4) is 0 Å². The molecule has 1 saturated carbocycles. The van der Waals surface area contributed by atoms with Crippen LogP contribution in [0.1, 0.15) is 31.2 Å². The maximum Gasteiger partial charge on any atom is 0.233 e. The first-order valence-corrected chi connectivity index (χ1v) is 9.53. The maximum absolute atomic E-state index is 13.2. The van der Waals surface area contributed by atoms with Crippen molar-refractivity contribution in [2.75, 3.05) is 45.9 Å². The monoisotopic (exact) mass is 346 g/mol. The van der Waals surface area contributed by atoms with Crippen LogP contribution in [0, 0.1) is 11.7 Å². The minimum atomic E-state index is -0.380. The van der Waals surface area contributed by atoms with E-state index >= 15 is 0 Å². The molecule has 1 aromatic rings. The molecule has 2 saturated heterocycles. The number of nitrogens with zero attached hydrogens (tertiary/aromatic N) is 2. The van der Waals surface area contributed by atoms with E-state index in [1.54, 1.807) is 12.1 Å². The number of hydrogen-bond donors (Lipinski definition) is 0. The first-order chi connectivity index (χ1) is 12.2. The van der Waals surface area contributed by atoms with Gasteiger partial charge in [-0.3, -0.25) is 9.69 Å². The molecule has 1 aromatic carbocycles. The summed E-state index contributed by atoms with van der Waals surface area (Å²) in [6, 6.07) is 6.52. The molecule has 2 heterocycles. The van der Waals surface area contributed by atoms with E-state index in [-0.39, 0.29) is 17.1 Å². The second-order valence-corrected chi connectivity index (χ2v) is 7.76. The molecule has 1 amide bonds. The second-order valence-electron chi connectivity index (χ2n) is 7.76. The average Bonchev–Trinajstić information content (AvgIpc) is 3.45. The fraction of sp³-hybridized carbons (Fsp3) is 0.650. The Morgan fingerprint density at radius 3 is 2.56 bits per heavy atom. The lowest BCUT2D eigenvalue weighted by molar-refractivity contribution is -0.136. The highest BCUT2D eigenvalue weighted by molar-refractivity contribution is 5.91. The van der Waals surface area contributed by atoms with Crippen LogP contribution in [-0.4, -0.2) is 61.6 Å². The predicted octanol–water partition coefficient (Wildman–Crippen LogP) is 2.43. The van der Waals surface area contributed by atoms with Crippen LogP contribution in [0.2, 0.25) is 0 Å². The molecule has 3 aliphatic rings. The Labute approximate surface area is 148 Å². The summed E-state index contributed by atoms with van der Waals surface area (Å²) in [6.45, 7) is 6.44. The summed E-state index contributed by atoms with van der Waals surface area (Å²) < 4.78 is 18.6. The van der Waals surface area contributed by atoms with E-state index in [1.165, 1.54) is 18.6 Å². The Bertz CT molecular complexity index is 609. The minimum Gasteiger partial charge on any atom is -0.379 e. The van der Waals surface area contributed by atoms with Crippen LogP contribution in [0.15, 0.2) is 24.3 Å². The van der Waals surface area contributed by atoms with Gasteiger partial charge in [0.05, 0.1) is 18.6 Å². The first kappa shape index (κ1) is 17.0. The van der Waals surface area contributed by atoms with E-state index in [9.17, 15) is 9.18 Å². The van der Waals surface area contributed by atoms with Gasteiger partial charge in [0.15, 0.2) is 0 Å². The van der Waals surface area contributed by atoms with Crippen molar-refractivity contribution in [3.63, 3.8) is 0 Å². The molecule has 1 aliphatic carbocycles. The minimum absolute atomic E-state index is 0.240. The molecule has 1 unspecified atom stereocenters. The largest absolute Gasteiger partial charge is 0.379 e. The number of ether oxygens (including phenoxy) is 1. The predicted molar refractivity (Wildman–Crippen MR) is 93.9 cm³/mol. The fourth-order valence-electron chi connectivity index (χ4n) is 4.37. The molecule has 5 heteroatoms.